The van der Waals surface area contributed by atoms with E-state index in [2.05, 4.69) is 43.5 Å². The van der Waals surface area contributed by atoms with Crippen LogP contribution in [-0.2, 0) is 10.0 Å². The molecule has 106 valence electrons. The average molecular weight is 412 g/mol. The van der Waals surface area contributed by atoms with Crippen LogP contribution in [0.4, 0.5) is 5.69 Å². The first kappa shape index (κ1) is 15.3. The molecule has 2 unspecified atom stereocenters. The van der Waals surface area contributed by atoms with Crippen LogP contribution in [0.2, 0.25) is 0 Å². The van der Waals surface area contributed by atoms with Crippen molar-refractivity contribution in [2.45, 2.75) is 37.1 Å². The molecule has 7 heteroatoms. The Kier molecular flexibility index (Phi) is 4.59. The van der Waals surface area contributed by atoms with Crippen molar-refractivity contribution in [1.82, 2.24) is 4.72 Å². The maximum absolute atomic E-state index is 12.4. The van der Waals surface area contributed by atoms with Gasteiger partial charge >= 0.3 is 0 Å². The van der Waals surface area contributed by atoms with Gasteiger partial charge < -0.3 is 5.73 Å². The Morgan fingerprint density at radius 1 is 1.37 bits per heavy atom. The second-order valence-electron chi connectivity index (χ2n) is 4.83. The summed E-state index contributed by atoms with van der Waals surface area (Å²) in [6.45, 7) is 2.11. The largest absolute Gasteiger partial charge is 0.399 e. The highest BCUT2D eigenvalue weighted by molar-refractivity contribution is 9.11. The van der Waals surface area contributed by atoms with E-state index in [-0.39, 0.29) is 10.9 Å². The molecule has 19 heavy (non-hydrogen) atoms. The Labute approximate surface area is 130 Å². The van der Waals surface area contributed by atoms with Gasteiger partial charge in [-0.25, -0.2) is 13.1 Å². The van der Waals surface area contributed by atoms with Crippen LogP contribution in [0, 0.1) is 5.92 Å². The van der Waals surface area contributed by atoms with E-state index in [0.717, 1.165) is 19.3 Å². The predicted molar refractivity (Wildman–Crippen MR) is 83.4 cm³/mol. The molecule has 1 aromatic rings. The fourth-order valence-electron chi connectivity index (χ4n) is 2.18. The zero-order valence-electron chi connectivity index (χ0n) is 10.5. The van der Waals surface area contributed by atoms with Crippen LogP contribution in [0.1, 0.15) is 26.2 Å². The van der Waals surface area contributed by atoms with Crippen LogP contribution >= 0.6 is 31.9 Å². The van der Waals surface area contributed by atoms with E-state index in [9.17, 15) is 8.42 Å². The molecule has 0 spiro atoms. The Morgan fingerprint density at radius 3 is 2.47 bits per heavy atom. The van der Waals surface area contributed by atoms with Crippen LogP contribution in [0.5, 0.6) is 0 Å². The van der Waals surface area contributed by atoms with Crippen molar-refractivity contribution >= 4 is 47.6 Å². The molecule has 1 fully saturated rings. The molecule has 0 saturated heterocycles. The minimum atomic E-state index is -3.53. The molecule has 0 aromatic heterocycles. The summed E-state index contributed by atoms with van der Waals surface area (Å²) in [7, 11) is -3.53. The minimum Gasteiger partial charge on any atom is -0.399 e. The maximum Gasteiger partial charge on any atom is 0.243 e. The molecule has 2 rings (SSSR count). The van der Waals surface area contributed by atoms with Crippen molar-refractivity contribution in [3.8, 4) is 0 Å². The van der Waals surface area contributed by atoms with E-state index >= 15 is 0 Å². The third-order valence-corrected chi connectivity index (χ3v) is 6.54. The third-order valence-electron chi connectivity index (χ3n) is 3.18. The van der Waals surface area contributed by atoms with Gasteiger partial charge in [0, 0.05) is 20.7 Å². The van der Waals surface area contributed by atoms with Crippen molar-refractivity contribution < 1.29 is 8.42 Å². The van der Waals surface area contributed by atoms with Crippen molar-refractivity contribution in [3.63, 3.8) is 0 Å². The lowest BCUT2D eigenvalue weighted by atomic mass is 10.2. The van der Waals surface area contributed by atoms with Gasteiger partial charge in [0.1, 0.15) is 4.90 Å². The summed E-state index contributed by atoms with van der Waals surface area (Å²) in [5, 5.41) is 0. The molecule has 0 heterocycles. The molecule has 1 aliphatic rings. The minimum absolute atomic E-state index is 0.0707. The van der Waals surface area contributed by atoms with Gasteiger partial charge in [-0.05, 0) is 62.8 Å². The van der Waals surface area contributed by atoms with Crippen LogP contribution in [0.3, 0.4) is 0 Å². The van der Waals surface area contributed by atoms with Gasteiger partial charge in [0.05, 0.1) is 0 Å². The second-order valence-corrected chi connectivity index (χ2v) is 8.19. The van der Waals surface area contributed by atoms with E-state index in [1.165, 1.54) is 0 Å². The number of hydrogen-bond donors (Lipinski definition) is 2. The number of nitrogen functional groups attached to an aromatic ring is 1. The maximum atomic E-state index is 12.4. The van der Waals surface area contributed by atoms with Crippen molar-refractivity contribution in [3.05, 3.63) is 21.1 Å². The Balaban J connectivity index is 2.21. The number of sulfonamides is 1. The van der Waals surface area contributed by atoms with Gasteiger partial charge in [-0.2, -0.15) is 0 Å². The Hall–Kier alpha value is -0.110. The number of rotatable bonds is 5. The first-order valence-electron chi connectivity index (χ1n) is 6.12. The fraction of sp³-hybridized carbons (Fsp3) is 0.500. The number of benzene rings is 1. The lowest BCUT2D eigenvalue weighted by Gasteiger charge is -2.11. The quantitative estimate of drug-likeness (QED) is 0.730. The SMILES string of the molecule is CCCC1CC1NS(=O)(=O)c1c(Br)cc(N)cc1Br. The lowest BCUT2D eigenvalue weighted by molar-refractivity contribution is 0.572. The number of anilines is 1. The fourth-order valence-corrected chi connectivity index (χ4v) is 6.11. The van der Waals surface area contributed by atoms with Gasteiger partial charge in [-0.3, -0.25) is 0 Å². The summed E-state index contributed by atoms with van der Waals surface area (Å²) >= 11 is 6.52. The van der Waals surface area contributed by atoms with Crippen LogP contribution < -0.4 is 10.5 Å². The number of nitrogens with one attached hydrogen (secondary N) is 1. The summed E-state index contributed by atoms with van der Waals surface area (Å²) in [6.07, 6.45) is 3.08. The zero-order valence-corrected chi connectivity index (χ0v) is 14.5. The second kappa shape index (κ2) is 5.71. The number of hydrogen-bond acceptors (Lipinski definition) is 3. The molecule has 1 aromatic carbocycles. The molecule has 0 radical (unpaired) electrons. The molecule has 0 aliphatic heterocycles. The molecule has 1 aliphatic carbocycles. The summed E-state index contributed by atoms with van der Waals surface area (Å²) in [6, 6.07) is 3.26. The molecule has 2 atom stereocenters. The van der Waals surface area contributed by atoms with E-state index in [1.54, 1.807) is 12.1 Å². The summed E-state index contributed by atoms with van der Waals surface area (Å²) in [5.41, 5.74) is 6.18. The van der Waals surface area contributed by atoms with E-state index < -0.39 is 10.0 Å². The first-order chi connectivity index (χ1) is 8.85. The topological polar surface area (TPSA) is 72.2 Å². The first-order valence-corrected chi connectivity index (χ1v) is 9.19. The zero-order chi connectivity index (χ0) is 14.2. The smallest absolute Gasteiger partial charge is 0.243 e. The summed E-state index contributed by atoms with van der Waals surface area (Å²) in [4.78, 5) is 0.212. The van der Waals surface area contributed by atoms with Gasteiger partial charge in [-0.15, -0.1) is 0 Å². The highest BCUT2D eigenvalue weighted by Crippen LogP contribution is 2.38. The van der Waals surface area contributed by atoms with Crippen LogP contribution in [0.25, 0.3) is 0 Å². The molecule has 0 bridgehead atoms. The molecule has 4 nitrogen and oxygen atoms in total. The summed E-state index contributed by atoms with van der Waals surface area (Å²) in [5.74, 6) is 0.478. The van der Waals surface area contributed by atoms with Crippen LogP contribution in [-0.4, -0.2) is 14.5 Å². The van der Waals surface area contributed by atoms with Gasteiger partial charge in [-0.1, -0.05) is 13.3 Å². The standard InChI is InChI=1S/C12H16Br2N2O2S/c1-2-3-7-4-11(7)16-19(17,18)12-9(13)5-8(15)6-10(12)14/h5-7,11,16H,2-4,15H2,1H3. The van der Waals surface area contributed by atoms with Gasteiger partial charge in [0.15, 0.2) is 0 Å². The van der Waals surface area contributed by atoms with Crippen molar-refractivity contribution in [2.75, 3.05) is 5.73 Å². The molecular formula is C12H16Br2N2O2S. The van der Waals surface area contributed by atoms with Gasteiger partial charge in [0.25, 0.3) is 0 Å². The summed E-state index contributed by atoms with van der Waals surface area (Å²) < 4.78 is 28.4. The van der Waals surface area contributed by atoms with Crippen molar-refractivity contribution in [2.24, 2.45) is 5.92 Å². The Morgan fingerprint density at radius 2 is 1.95 bits per heavy atom. The lowest BCUT2D eigenvalue weighted by Crippen LogP contribution is -2.27. The van der Waals surface area contributed by atoms with E-state index in [1.807, 2.05) is 0 Å². The Bertz CT molecular complexity index is 566. The van der Waals surface area contributed by atoms with Crippen molar-refractivity contribution in [1.29, 1.82) is 0 Å². The molecule has 3 N–H and O–H groups in total. The molecular weight excluding hydrogens is 396 g/mol. The van der Waals surface area contributed by atoms with Gasteiger partial charge in [0.2, 0.25) is 10.0 Å². The predicted octanol–water partition coefficient (Wildman–Crippen LogP) is 3.26. The third kappa shape index (κ3) is 3.51. The number of nitrogens with two attached hydrogens (primary N) is 1. The highest BCUT2D eigenvalue weighted by Gasteiger charge is 2.40. The molecule has 0 amide bonds. The molecule has 1 saturated carbocycles. The average Bonchev–Trinajstić information content (AvgIpc) is 2.93. The van der Waals surface area contributed by atoms with Crippen LogP contribution in [0.15, 0.2) is 26.0 Å². The normalized spacial score (nSPS) is 22.5. The number of halogens is 2. The monoisotopic (exact) mass is 410 g/mol. The highest BCUT2D eigenvalue weighted by atomic mass is 79.9. The van der Waals surface area contributed by atoms with E-state index in [0.29, 0.717) is 20.6 Å². The van der Waals surface area contributed by atoms with E-state index in [4.69, 9.17) is 5.73 Å².